The van der Waals surface area contributed by atoms with Crippen LogP contribution in [0.1, 0.15) is 113 Å². The molecule has 6 rings (SSSR count). The van der Waals surface area contributed by atoms with Crippen LogP contribution in [0.5, 0.6) is 0 Å². The van der Waals surface area contributed by atoms with Crippen LogP contribution in [0.2, 0.25) is 0 Å². The molecule has 0 atom stereocenters. The summed E-state index contributed by atoms with van der Waals surface area (Å²) in [6.45, 7) is 22.2. The van der Waals surface area contributed by atoms with Crippen LogP contribution in [0.3, 0.4) is 0 Å². The zero-order valence-corrected chi connectivity index (χ0v) is 34.5. The minimum absolute atomic E-state index is 0.0584. The predicted octanol–water partition coefficient (Wildman–Crippen LogP) is 11.4. The first-order valence-corrected chi connectivity index (χ1v) is 18.7. The van der Waals surface area contributed by atoms with E-state index >= 15 is 0 Å². The van der Waals surface area contributed by atoms with Crippen LogP contribution in [0.25, 0.3) is 33.8 Å². The van der Waals surface area contributed by atoms with E-state index in [2.05, 4.69) is 27.7 Å². The molecule has 0 aliphatic rings. The van der Waals surface area contributed by atoms with Gasteiger partial charge in [0.2, 0.25) is 17.1 Å². The van der Waals surface area contributed by atoms with Gasteiger partial charge in [0.25, 0.3) is 0 Å². The van der Waals surface area contributed by atoms with Gasteiger partial charge in [-0.05, 0) is 104 Å². The topological polar surface area (TPSA) is 11.6 Å². The van der Waals surface area contributed by atoms with E-state index in [0.29, 0.717) is 41.7 Å². The molecule has 3 aromatic heterocycles. The van der Waals surface area contributed by atoms with E-state index < -0.39 is 0 Å². The van der Waals surface area contributed by atoms with Gasteiger partial charge in [-0.15, -0.1) is 0 Å². The number of aryl methyl sites for hydroxylation is 3. The fraction of sp³-hybridized carbons (Fsp3) is 0.340. The third-order valence-electron chi connectivity index (χ3n) is 9.54. The lowest BCUT2D eigenvalue weighted by Gasteiger charge is -2.11. The van der Waals surface area contributed by atoms with Crippen LogP contribution in [-0.4, -0.2) is 0 Å². The number of aromatic nitrogens is 3. The maximum Gasteiger partial charge on any atom is 0.212 e. The molecule has 0 N–H and O–H groups in total. The standard InChI is InChI=1S/2C17H22N.C16H20N/c1-12(2)16-10-17(18(5)11-14(16)4)15-9-7-6-8-13(15)3;1-12(2)16-11-18(5)17(10-14(16)4)15-9-7-6-8-13(15)3;1-12(2)14-9-10-17(4)16(11-14)15-8-6-5-7-13(15)3/h2*6-12H,1-5H3;5-12H,1-4H3/q3*+1/i2*10D,11D;9D,10D,11D. The molecule has 3 heteroatoms. The maximum absolute atomic E-state index is 8.59. The van der Waals surface area contributed by atoms with Crippen LogP contribution >= 0.6 is 0 Å². The second-order valence-electron chi connectivity index (χ2n) is 15.0. The van der Waals surface area contributed by atoms with Gasteiger partial charge >= 0.3 is 0 Å². The fourth-order valence-electron chi connectivity index (χ4n) is 6.45. The van der Waals surface area contributed by atoms with E-state index in [-0.39, 0.29) is 30.0 Å². The van der Waals surface area contributed by atoms with Crippen LogP contribution in [0, 0.1) is 34.6 Å². The number of hydrogen-bond acceptors (Lipinski definition) is 0. The summed E-state index contributed by atoms with van der Waals surface area (Å²) in [7, 11) is 5.51. The number of pyridine rings is 3. The molecule has 3 aromatic carbocycles. The van der Waals surface area contributed by atoms with Crippen molar-refractivity contribution in [1.82, 2.24) is 0 Å². The first kappa shape index (κ1) is 31.6. The Morgan fingerprint density at radius 3 is 1.28 bits per heavy atom. The van der Waals surface area contributed by atoms with E-state index in [0.717, 1.165) is 67.0 Å². The average Bonchev–Trinajstić information content (AvgIpc) is 3.18. The summed E-state index contributed by atoms with van der Waals surface area (Å²) in [5, 5.41) is 0. The first-order valence-electron chi connectivity index (χ1n) is 22.2. The Kier molecular flexibility index (Phi) is 10.9. The molecule has 0 unspecified atom stereocenters. The van der Waals surface area contributed by atoms with Gasteiger partial charge in [0.15, 0.2) is 18.5 Å². The number of rotatable bonds is 6. The summed E-state index contributed by atoms with van der Waals surface area (Å²) in [4.78, 5) is 0. The zero-order valence-electron chi connectivity index (χ0n) is 41.5. The van der Waals surface area contributed by atoms with E-state index in [1.165, 1.54) is 0 Å². The van der Waals surface area contributed by atoms with Crippen molar-refractivity contribution in [3.8, 4) is 33.8 Å². The van der Waals surface area contributed by atoms with Gasteiger partial charge in [0.05, 0.1) is 5.48 Å². The molecule has 0 amide bonds. The highest BCUT2D eigenvalue weighted by Crippen LogP contribution is 2.27. The van der Waals surface area contributed by atoms with Crippen molar-refractivity contribution >= 4 is 0 Å². The van der Waals surface area contributed by atoms with Crippen molar-refractivity contribution in [2.45, 2.75) is 93.9 Å². The van der Waals surface area contributed by atoms with Crippen molar-refractivity contribution in [3.63, 3.8) is 0 Å². The van der Waals surface area contributed by atoms with Gasteiger partial charge in [0, 0.05) is 52.0 Å². The van der Waals surface area contributed by atoms with Gasteiger partial charge in [-0.3, -0.25) is 0 Å². The van der Waals surface area contributed by atoms with Gasteiger partial charge in [0.1, 0.15) is 25.3 Å². The lowest BCUT2D eigenvalue weighted by Crippen LogP contribution is -2.32. The third-order valence-corrected chi connectivity index (χ3v) is 9.54. The van der Waals surface area contributed by atoms with Crippen LogP contribution < -0.4 is 13.7 Å². The summed E-state index contributed by atoms with van der Waals surface area (Å²) in [5.41, 5.74) is 13.2. The molecule has 0 radical (unpaired) electrons. The highest BCUT2D eigenvalue weighted by atomic mass is 14.9. The second-order valence-corrected chi connectivity index (χ2v) is 15.0. The Balaban J connectivity index is 0.000000198. The van der Waals surface area contributed by atoms with Crippen LogP contribution in [0.15, 0.2) is 115 Å². The molecule has 0 saturated carbocycles. The highest BCUT2D eigenvalue weighted by Gasteiger charge is 2.18. The summed E-state index contributed by atoms with van der Waals surface area (Å²) >= 11 is 0. The number of hydrogen-bond donors (Lipinski definition) is 0. The lowest BCUT2D eigenvalue weighted by atomic mass is 9.96. The summed E-state index contributed by atoms with van der Waals surface area (Å²) in [6.07, 6.45) is 1.15. The smallest absolute Gasteiger partial charge is 0.201 e. The van der Waals surface area contributed by atoms with Gasteiger partial charge < -0.3 is 0 Å². The van der Waals surface area contributed by atoms with Crippen molar-refractivity contribution in [1.29, 1.82) is 0 Å². The fourth-order valence-corrected chi connectivity index (χ4v) is 6.45. The third kappa shape index (κ3) is 10.2. The number of nitrogens with zero attached hydrogens (tertiary/aromatic N) is 3. The van der Waals surface area contributed by atoms with Gasteiger partial charge in [-0.2, -0.15) is 0 Å². The van der Waals surface area contributed by atoms with E-state index in [9.17, 15) is 0 Å². The molecule has 0 aliphatic carbocycles. The number of benzene rings is 3. The molecule has 0 aliphatic heterocycles. The maximum atomic E-state index is 8.59. The molecule has 276 valence electrons. The normalized spacial score (nSPS) is 12.8. The van der Waals surface area contributed by atoms with Crippen molar-refractivity contribution in [3.05, 3.63) is 160 Å². The Hall–Kier alpha value is -4.89. The second kappa shape index (κ2) is 18.2. The first-order chi connectivity index (χ1) is 28.1. The highest BCUT2D eigenvalue weighted by molar-refractivity contribution is 5.63. The van der Waals surface area contributed by atoms with Gasteiger partial charge in [-0.1, -0.05) is 96.1 Å². The van der Waals surface area contributed by atoms with E-state index in [1.807, 2.05) is 144 Å². The SMILES string of the molecule is [2H]c1c(C(C)C)c(C)c([2H])[n+](C)c1-c1ccccc1C.[2H]c1c(C(C)C)c([2H])c(-c2ccccc2C)[n+](C)c1[2H].[2H]c1c(C)c(C(C)C)c([2H])[n+](C)c1-c1ccccc1C. The minimum Gasteiger partial charge on any atom is -0.201 e. The molecule has 0 fully saturated rings. The molecule has 3 heterocycles. The van der Waals surface area contributed by atoms with Crippen molar-refractivity contribution in [2.24, 2.45) is 21.1 Å². The Bertz CT molecular complexity index is 2390. The Morgan fingerprint density at radius 2 is 0.849 bits per heavy atom. The Labute approximate surface area is 331 Å². The Morgan fingerprint density at radius 1 is 0.434 bits per heavy atom. The molecule has 0 saturated heterocycles. The van der Waals surface area contributed by atoms with Crippen LogP contribution in [-0.2, 0) is 21.1 Å². The zero-order chi connectivity index (χ0) is 45.1. The van der Waals surface area contributed by atoms with E-state index in [1.54, 1.807) is 11.6 Å². The molecule has 53 heavy (non-hydrogen) atoms. The lowest BCUT2D eigenvalue weighted by molar-refractivity contribution is -0.661. The summed E-state index contributed by atoms with van der Waals surface area (Å²) < 4.78 is 63.8. The minimum atomic E-state index is 0.0584. The largest absolute Gasteiger partial charge is 0.212 e. The van der Waals surface area contributed by atoms with Crippen molar-refractivity contribution < 1.29 is 23.3 Å². The summed E-state index contributed by atoms with van der Waals surface area (Å²) in [5.74, 6) is 0.558. The molecular weight excluding hydrogens is 643 g/mol. The monoisotopic (exact) mass is 714 g/mol. The molecule has 0 spiro atoms. The van der Waals surface area contributed by atoms with Crippen LogP contribution in [0.4, 0.5) is 0 Å². The molecule has 3 nitrogen and oxygen atoms in total. The quantitative estimate of drug-likeness (QED) is 0.152. The van der Waals surface area contributed by atoms with Crippen molar-refractivity contribution in [2.75, 3.05) is 0 Å². The molecule has 0 bridgehead atoms. The predicted molar refractivity (Wildman–Crippen MR) is 225 cm³/mol. The van der Waals surface area contributed by atoms with Gasteiger partial charge in [-0.25, -0.2) is 13.7 Å². The summed E-state index contributed by atoms with van der Waals surface area (Å²) in [6, 6.07) is 25.6. The molecular formula is C50H64N3+3. The molecule has 6 aromatic rings. The average molecular weight is 714 g/mol. The van der Waals surface area contributed by atoms with E-state index in [4.69, 9.17) is 9.60 Å².